The van der Waals surface area contributed by atoms with Crippen molar-refractivity contribution in [2.24, 2.45) is 0 Å². The predicted octanol–water partition coefficient (Wildman–Crippen LogP) is 2.16. The molecule has 1 aromatic rings. The quantitative estimate of drug-likeness (QED) is 0.897. The first-order valence-corrected chi connectivity index (χ1v) is 9.01. The van der Waals surface area contributed by atoms with Gasteiger partial charge in [0.2, 0.25) is 5.91 Å². The second-order valence-corrected chi connectivity index (χ2v) is 7.02. The van der Waals surface area contributed by atoms with Crippen LogP contribution < -0.4 is 0 Å². The molecule has 1 aliphatic carbocycles. The highest BCUT2D eigenvalue weighted by molar-refractivity contribution is 5.89. The van der Waals surface area contributed by atoms with Gasteiger partial charge in [-0.05, 0) is 37.0 Å². The van der Waals surface area contributed by atoms with E-state index in [1.165, 1.54) is 12.1 Å². The zero-order valence-electron chi connectivity index (χ0n) is 14.4. The Morgan fingerprint density at radius 1 is 1.29 bits per heavy atom. The van der Waals surface area contributed by atoms with Crippen LogP contribution in [0.2, 0.25) is 0 Å². The number of halogens is 1. The third kappa shape index (κ3) is 3.07. The van der Waals surface area contributed by atoms with Gasteiger partial charge in [-0.15, -0.1) is 0 Å². The van der Waals surface area contributed by atoms with Crippen molar-refractivity contribution < 1.29 is 14.3 Å². The lowest BCUT2D eigenvalue weighted by Crippen LogP contribution is -2.58. The number of benzene rings is 1. The summed E-state index contributed by atoms with van der Waals surface area (Å²) in [6, 6.07) is 6.71. The van der Waals surface area contributed by atoms with Gasteiger partial charge in [0.05, 0.1) is 12.0 Å². The minimum absolute atomic E-state index is 0.149. The van der Waals surface area contributed by atoms with Gasteiger partial charge in [0.15, 0.2) is 0 Å². The maximum absolute atomic E-state index is 13.6. The fraction of sp³-hybridized carbons (Fsp3) is 0.632. The molecule has 2 aliphatic rings. The molecule has 2 fully saturated rings. The average molecular weight is 334 g/mol. The summed E-state index contributed by atoms with van der Waals surface area (Å²) in [5, 5.41) is 9.45. The maximum atomic E-state index is 13.6. The first-order valence-electron chi connectivity index (χ1n) is 9.01. The van der Waals surface area contributed by atoms with Crippen LogP contribution in [0.5, 0.6) is 0 Å². The molecule has 3 rings (SSSR count). The summed E-state index contributed by atoms with van der Waals surface area (Å²) >= 11 is 0. The van der Waals surface area contributed by atoms with Crippen molar-refractivity contribution in [1.29, 1.82) is 0 Å². The fourth-order valence-electron chi connectivity index (χ4n) is 4.04. The average Bonchev–Trinajstić information content (AvgIpc) is 2.56. The molecular weight excluding hydrogens is 307 g/mol. The molecule has 0 aromatic heterocycles. The molecule has 24 heavy (non-hydrogen) atoms. The van der Waals surface area contributed by atoms with E-state index in [-0.39, 0.29) is 24.4 Å². The van der Waals surface area contributed by atoms with Crippen molar-refractivity contribution in [1.82, 2.24) is 9.80 Å². The Labute approximate surface area is 143 Å². The second kappa shape index (κ2) is 7.19. The minimum atomic E-state index is -0.522. The number of carbonyl (C=O) groups excluding carboxylic acids is 1. The largest absolute Gasteiger partial charge is 0.395 e. The van der Waals surface area contributed by atoms with Crippen molar-refractivity contribution in [3.05, 3.63) is 35.6 Å². The van der Waals surface area contributed by atoms with Crippen LogP contribution in [0.4, 0.5) is 4.39 Å². The summed E-state index contributed by atoms with van der Waals surface area (Å²) in [5.41, 5.74) is 0.300. The molecule has 5 heteroatoms. The Bertz CT molecular complexity index is 576. The Morgan fingerprint density at radius 2 is 2.00 bits per heavy atom. The van der Waals surface area contributed by atoms with E-state index in [2.05, 4.69) is 11.8 Å². The summed E-state index contributed by atoms with van der Waals surface area (Å²) < 4.78 is 13.6. The highest BCUT2D eigenvalue weighted by Crippen LogP contribution is 2.45. The van der Waals surface area contributed by atoms with Gasteiger partial charge < -0.3 is 10.0 Å². The van der Waals surface area contributed by atoms with E-state index in [0.29, 0.717) is 13.1 Å². The first kappa shape index (κ1) is 17.4. The standard InChI is InChI=1S/C19H27FN2O2/c1-2-17(14-23)21-9-11-22(12-10-21)18(24)19(7-4-8-19)15-5-3-6-16(20)13-15/h3,5-6,13,17,23H,2,4,7-12,14H2,1H3. The Hall–Kier alpha value is -1.46. The van der Waals surface area contributed by atoms with Gasteiger partial charge in [0.25, 0.3) is 0 Å². The highest BCUT2D eigenvalue weighted by atomic mass is 19.1. The van der Waals surface area contributed by atoms with E-state index in [0.717, 1.165) is 44.3 Å². The van der Waals surface area contributed by atoms with Gasteiger partial charge in [-0.3, -0.25) is 9.69 Å². The van der Waals surface area contributed by atoms with Crippen LogP contribution in [-0.2, 0) is 10.2 Å². The number of nitrogens with zero attached hydrogens (tertiary/aromatic N) is 2. The van der Waals surface area contributed by atoms with Crippen molar-refractivity contribution in [2.45, 2.75) is 44.1 Å². The number of rotatable bonds is 5. The van der Waals surface area contributed by atoms with Crippen LogP contribution in [0.1, 0.15) is 38.2 Å². The second-order valence-electron chi connectivity index (χ2n) is 7.02. The molecule has 1 N–H and O–H groups in total. The minimum Gasteiger partial charge on any atom is -0.395 e. The summed E-state index contributed by atoms with van der Waals surface area (Å²) in [4.78, 5) is 17.4. The van der Waals surface area contributed by atoms with E-state index >= 15 is 0 Å². The summed E-state index contributed by atoms with van der Waals surface area (Å²) in [7, 11) is 0. The first-order chi connectivity index (χ1) is 11.6. The topological polar surface area (TPSA) is 43.8 Å². The molecule has 1 amide bonds. The molecule has 132 valence electrons. The fourth-order valence-corrected chi connectivity index (χ4v) is 4.04. The smallest absolute Gasteiger partial charge is 0.233 e. The Balaban J connectivity index is 1.70. The number of hydrogen-bond donors (Lipinski definition) is 1. The predicted molar refractivity (Wildman–Crippen MR) is 91.2 cm³/mol. The van der Waals surface area contributed by atoms with Crippen LogP contribution >= 0.6 is 0 Å². The number of piperazine rings is 1. The molecule has 1 unspecified atom stereocenters. The van der Waals surface area contributed by atoms with E-state index < -0.39 is 5.41 Å². The number of aliphatic hydroxyl groups excluding tert-OH is 1. The monoisotopic (exact) mass is 334 g/mol. The zero-order chi connectivity index (χ0) is 17.2. The summed E-state index contributed by atoms with van der Waals surface area (Å²) in [6.07, 6.45) is 3.55. The Morgan fingerprint density at radius 3 is 2.50 bits per heavy atom. The number of aliphatic hydroxyl groups is 1. The Kier molecular flexibility index (Phi) is 5.21. The maximum Gasteiger partial charge on any atom is 0.233 e. The molecule has 4 nitrogen and oxygen atoms in total. The summed E-state index contributed by atoms with van der Waals surface area (Å²) in [6.45, 7) is 5.20. The third-order valence-corrected chi connectivity index (χ3v) is 5.79. The molecular formula is C19H27FN2O2. The van der Waals surface area contributed by atoms with E-state index in [9.17, 15) is 14.3 Å². The van der Waals surface area contributed by atoms with Gasteiger partial charge in [-0.25, -0.2) is 4.39 Å². The van der Waals surface area contributed by atoms with Gasteiger partial charge >= 0.3 is 0 Å². The van der Waals surface area contributed by atoms with Crippen LogP contribution in [-0.4, -0.2) is 59.6 Å². The highest BCUT2D eigenvalue weighted by Gasteiger charge is 2.48. The molecule has 1 aromatic carbocycles. The molecule has 0 radical (unpaired) electrons. The van der Waals surface area contributed by atoms with Gasteiger partial charge in [-0.2, -0.15) is 0 Å². The zero-order valence-corrected chi connectivity index (χ0v) is 14.4. The molecule has 1 saturated carbocycles. The van der Waals surface area contributed by atoms with Crippen molar-refractivity contribution in [3.63, 3.8) is 0 Å². The third-order valence-electron chi connectivity index (χ3n) is 5.79. The van der Waals surface area contributed by atoms with Crippen molar-refractivity contribution >= 4 is 5.91 Å². The van der Waals surface area contributed by atoms with E-state index in [1.54, 1.807) is 6.07 Å². The van der Waals surface area contributed by atoms with Gasteiger partial charge in [-0.1, -0.05) is 25.5 Å². The number of hydrogen-bond acceptors (Lipinski definition) is 3. The van der Waals surface area contributed by atoms with Crippen LogP contribution in [0, 0.1) is 5.82 Å². The molecule has 1 aliphatic heterocycles. The van der Waals surface area contributed by atoms with E-state index in [4.69, 9.17) is 0 Å². The van der Waals surface area contributed by atoms with E-state index in [1.807, 2.05) is 11.0 Å². The van der Waals surface area contributed by atoms with Crippen LogP contribution in [0.3, 0.4) is 0 Å². The van der Waals surface area contributed by atoms with Crippen LogP contribution in [0.15, 0.2) is 24.3 Å². The molecule has 1 heterocycles. The SMILES string of the molecule is CCC(CO)N1CCN(C(=O)C2(c3cccc(F)c3)CCC2)CC1. The number of amides is 1. The lowest BCUT2D eigenvalue weighted by Gasteiger charge is -2.46. The van der Waals surface area contributed by atoms with Gasteiger partial charge in [0, 0.05) is 32.2 Å². The normalized spacial score (nSPS) is 22.0. The summed E-state index contributed by atoms with van der Waals surface area (Å²) in [5.74, 6) is -0.124. The van der Waals surface area contributed by atoms with Crippen molar-refractivity contribution in [3.8, 4) is 0 Å². The lowest BCUT2D eigenvalue weighted by atomic mass is 9.63. The van der Waals surface area contributed by atoms with Crippen LogP contribution in [0.25, 0.3) is 0 Å². The lowest BCUT2D eigenvalue weighted by molar-refractivity contribution is -0.143. The number of carbonyl (C=O) groups is 1. The van der Waals surface area contributed by atoms with Gasteiger partial charge in [0.1, 0.15) is 5.82 Å². The van der Waals surface area contributed by atoms with Crippen molar-refractivity contribution in [2.75, 3.05) is 32.8 Å². The molecule has 0 spiro atoms. The molecule has 1 atom stereocenters. The molecule has 0 bridgehead atoms. The molecule has 1 saturated heterocycles.